The average Bonchev–Trinajstić information content (AvgIpc) is 2.41. The number of halogens is 1. The average molecular weight is 262 g/mol. The number of nitrogens with one attached hydrogen (secondary N) is 1. The molecule has 0 unspecified atom stereocenters. The standard InChI is InChI=1S/C13H15FN4O/c1-8(2)9-5-3-4-6-11(9)19-12-10(14)7-16-13(17-12)18-15/h3-8H,15H2,1-2H3,(H,16,17,18). The molecule has 1 aromatic heterocycles. The van der Waals surface area contributed by atoms with Crippen molar-refractivity contribution in [1.82, 2.24) is 9.97 Å². The molecule has 100 valence electrons. The molecular formula is C13H15FN4O. The summed E-state index contributed by atoms with van der Waals surface area (Å²) in [5, 5.41) is 0. The van der Waals surface area contributed by atoms with E-state index < -0.39 is 5.82 Å². The van der Waals surface area contributed by atoms with Gasteiger partial charge in [0.05, 0.1) is 6.20 Å². The topological polar surface area (TPSA) is 73.1 Å². The van der Waals surface area contributed by atoms with Crippen molar-refractivity contribution in [3.8, 4) is 11.6 Å². The highest BCUT2D eigenvalue weighted by Crippen LogP contribution is 2.30. The smallest absolute Gasteiger partial charge is 0.260 e. The summed E-state index contributed by atoms with van der Waals surface area (Å²) in [7, 11) is 0. The van der Waals surface area contributed by atoms with Crippen molar-refractivity contribution in [2.75, 3.05) is 5.43 Å². The summed E-state index contributed by atoms with van der Waals surface area (Å²) in [4.78, 5) is 7.50. The van der Waals surface area contributed by atoms with Crippen LogP contribution in [0, 0.1) is 5.82 Å². The molecule has 0 amide bonds. The molecule has 0 radical (unpaired) electrons. The van der Waals surface area contributed by atoms with Gasteiger partial charge in [-0.1, -0.05) is 32.0 Å². The van der Waals surface area contributed by atoms with Crippen LogP contribution in [0.2, 0.25) is 0 Å². The van der Waals surface area contributed by atoms with Gasteiger partial charge in [-0.15, -0.1) is 0 Å². The Morgan fingerprint density at radius 1 is 1.32 bits per heavy atom. The molecule has 0 aliphatic rings. The van der Waals surface area contributed by atoms with Crippen LogP contribution in [0.3, 0.4) is 0 Å². The number of nitrogen functional groups attached to an aromatic ring is 1. The molecular weight excluding hydrogens is 247 g/mol. The van der Waals surface area contributed by atoms with E-state index in [9.17, 15) is 4.39 Å². The van der Waals surface area contributed by atoms with Gasteiger partial charge < -0.3 is 4.74 Å². The first-order chi connectivity index (χ1) is 9.11. The molecule has 1 heterocycles. The third-order valence-electron chi connectivity index (χ3n) is 2.59. The molecule has 0 spiro atoms. The van der Waals surface area contributed by atoms with E-state index in [0.29, 0.717) is 5.75 Å². The van der Waals surface area contributed by atoms with Gasteiger partial charge in [-0.25, -0.2) is 10.8 Å². The Morgan fingerprint density at radius 3 is 2.74 bits per heavy atom. The number of nitrogens with zero attached hydrogens (tertiary/aromatic N) is 2. The number of para-hydroxylation sites is 1. The Hall–Kier alpha value is -2.21. The molecule has 0 aliphatic carbocycles. The second-order valence-corrected chi connectivity index (χ2v) is 4.29. The van der Waals surface area contributed by atoms with Crippen LogP contribution in [0.25, 0.3) is 0 Å². The highest BCUT2D eigenvalue weighted by atomic mass is 19.1. The Balaban J connectivity index is 2.36. The lowest BCUT2D eigenvalue weighted by Crippen LogP contribution is -2.11. The van der Waals surface area contributed by atoms with Gasteiger partial charge >= 0.3 is 0 Å². The monoisotopic (exact) mass is 262 g/mol. The maximum Gasteiger partial charge on any atom is 0.260 e. The predicted octanol–water partition coefficient (Wildman–Crippen LogP) is 2.82. The van der Waals surface area contributed by atoms with Gasteiger partial charge in [-0.05, 0) is 17.5 Å². The van der Waals surface area contributed by atoms with Crippen molar-refractivity contribution >= 4 is 5.95 Å². The number of hydrogen-bond donors (Lipinski definition) is 2. The minimum absolute atomic E-state index is 0.0958. The molecule has 0 saturated heterocycles. The molecule has 1 aromatic carbocycles. The van der Waals surface area contributed by atoms with E-state index in [2.05, 4.69) is 15.4 Å². The van der Waals surface area contributed by atoms with Crippen molar-refractivity contribution in [2.45, 2.75) is 19.8 Å². The van der Waals surface area contributed by atoms with Gasteiger partial charge in [0.25, 0.3) is 5.88 Å². The Bertz CT molecular complexity index is 574. The number of hydrazine groups is 1. The van der Waals surface area contributed by atoms with E-state index >= 15 is 0 Å². The van der Waals surface area contributed by atoms with Gasteiger partial charge in [0.1, 0.15) is 5.75 Å². The van der Waals surface area contributed by atoms with Crippen LogP contribution in [-0.2, 0) is 0 Å². The van der Waals surface area contributed by atoms with Crippen LogP contribution < -0.4 is 16.0 Å². The molecule has 0 saturated carbocycles. The number of hydrogen-bond acceptors (Lipinski definition) is 5. The minimum Gasteiger partial charge on any atom is -0.436 e. The normalized spacial score (nSPS) is 10.6. The zero-order valence-corrected chi connectivity index (χ0v) is 10.7. The number of anilines is 1. The molecule has 2 rings (SSSR count). The van der Waals surface area contributed by atoms with E-state index in [4.69, 9.17) is 10.6 Å². The molecule has 3 N–H and O–H groups in total. The number of nitrogens with two attached hydrogens (primary N) is 1. The lowest BCUT2D eigenvalue weighted by molar-refractivity contribution is 0.415. The van der Waals surface area contributed by atoms with Crippen LogP contribution in [0.15, 0.2) is 30.5 Å². The first-order valence-corrected chi connectivity index (χ1v) is 5.87. The second-order valence-electron chi connectivity index (χ2n) is 4.29. The first kappa shape index (κ1) is 13.2. The van der Waals surface area contributed by atoms with Gasteiger partial charge in [0, 0.05) is 0 Å². The van der Waals surface area contributed by atoms with Crippen molar-refractivity contribution in [1.29, 1.82) is 0 Å². The van der Waals surface area contributed by atoms with E-state index in [1.807, 2.05) is 32.0 Å². The fraction of sp³-hybridized carbons (Fsp3) is 0.231. The Kier molecular flexibility index (Phi) is 3.91. The molecule has 6 heteroatoms. The Morgan fingerprint density at radius 2 is 2.05 bits per heavy atom. The summed E-state index contributed by atoms with van der Waals surface area (Å²) >= 11 is 0. The van der Waals surface area contributed by atoms with E-state index in [1.54, 1.807) is 6.07 Å². The van der Waals surface area contributed by atoms with E-state index in [-0.39, 0.29) is 17.7 Å². The summed E-state index contributed by atoms with van der Waals surface area (Å²) in [6.07, 6.45) is 1.01. The van der Waals surface area contributed by atoms with Gasteiger partial charge in [0.2, 0.25) is 11.8 Å². The van der Waals surface area contributed by atoms with Crippen molar-refractivity contribution in [3.05, 3.63) is 41.8 Å². The van der Waals surface area contributed by atoms with Crippen molar-refractivity contribution in [3.63, 3.8) is 0 Å². The predicted molar refractivity (Wildman–Crippen MR) is 70.4 cm³/mol. The number of aromatic nitrogens is 2. The largest absolute Gasteiger partial charge is 0.436 e. The van der Waals surface area contributed by atoms with Crippen molar-refractivity contribution < 1.29 is 9.13 Å². The maximum absolute atomic E-state index is 13.6. The van der Waals surface area contributed by atoms with Crippen LogP contribution >= 0.6 is 0 Å². The number of benzene rings is 1. The zero-order chi connectivity index (χ0) is 13.8. The second kappa shape index (κ2) is 5.62. The van der Waals surface area contributed by atoms with Crippen LogP contribution in [-0.4, -0.2) is 9.97 Å². The first-order valence-electron chi connectivity index (χ1n) is 5.87. The summed E-state index contributed by atoms with van der Waals surface area (Å²) in [5.74, 6) is 5.31. The third-order valence-corrected chi connectivity index (χ3v) is 2.59. The van der Waals surface area contributed by atoms with E-state index in [0.717, 1.165) is 11.8 Å². The summed E-state index contributed by atoms with van der Waals surface area (Å²) in [6, 6.07) is 7.43. The van der Waals surface area contributed by atoms with Gasteiger partial charge in [-0.3, -0.25) is 5.43 Å². The molecule has 0 aliphatic heterocycles. The van der Waals surface area contributed by atoms with Crippen LogP contribution in [0.1, 0.15) is 25.3 Å². The van der Waals surface area contributed by atoms with Crippen LogP contribution in [0.4, 0.5) is 10.3 Å². The fourth-order valence-electron chi connectivity index (χ4n) is 1.65. The highest BCUT2D eigenvalue weighted by molar-refractivity contribution is 5.39. The lowest BCUT2D eigenvalue weighted by atomic mass is 10.0. The SMILES string of the molecule is CC(C)c1ccccc1Oc1nc(NN)ncc1F. The van der Waals surface area contributed by atoms with Crippen LogP contribution in [0.5, 0.6) is 11.6 Å². The quantitative estimate of drug-likeness (QED) is 0.654. The fourth-order valence-corrected chi connectivity index (χ4v) is 1.65. The van der Waals surface area contributed by atoms with E-state index in [1.165, 1.54) is 0 Å². The maximum atomic E-state index is 13.6. The highest BCUT2D eigenvalue weighted by Gasteiger charge is 2.13. The van der Waals surface area contributed by atoms with Gasteiger partial charge in [-0.2, -0.15) is 9.37 Å². The summed E-state index contributed by atoms with van der Waals surface area (Å²) in [5.41, 5.74) is 3.22. The molecule has 2 aromatic rings. The molecule has 0 atom stereocenters. The number of rotatable bonds is 4. The summed E-state index contributed by atoms with van der Waals surface area (Å²) in [6.45, 7) is 4.07. The zero-order valence-electron chi connectivity index (χ0n) is 10.7. The number of ether oxygens (including phenoxy) is 1. The molecule has 19 heavy (non-hydrogen) atoms. The minimum atomic E-state index is -0.641. The van der Waals surface area contributed by atoms with Gasteiger partial charge in [0.15, 0.2) is 0 Å². The Labute approximate surface area is 110 Å². The third kappa shape index (κ3) is 2.97. The lowest BCUT2D eigenvalue weighted by Gasteiger charge is -2.13. The molecule has 5 nitrogen and oxygen atoms in total. The summed E-state index contributed by atoms with van der Waals surface area (Å²) < 4.78 is 19.1. The molecule has 0 bridgehead atoms. The van der Waals surface area contributed by atoms with Crippen molar-refractivity contribution in [2.24, 2.45) is 5.84 Å². The molecule has 0 fully saturated rings.